The van der Waals surface area contributed by atoms with Crippen LogP contribution in [0.25, 0.3) is 6.08 Å². The number of hydrogen-bond acceptors (Lipinski definition) is 5. The number of rotatable bonds is 8. The van der Waals surface area contributed by atoms with E-state index in [2.05, 4.69) is 16.0 Å². The SMILES string of the molecule is CC(C)C(NC(=O)Nc1ccccc1)C(=O)NCCN1C(=O)S/C(=C\c2ccccc2F)C1=O. The Balaban J connectivity index is 1.54. The van der Waals surface area contributed by atoms with Crippen LogP contribution >= 0.6 is 11.8 Å². The summed E-state index contributed by atoms with van der Waals surface area (Å²) in [7, 11) is 0. The summed E-state index contributed by atoms with van der Waals surface area (Å²) in [5.74, 6) is -1.69. The van der Waals surface area contributed by atoms with Gasteiger partial charge in [-0.15, -0.1) is 0 Å². The molecule has 34 heavy (non-hydrogen) atoms. The molecule has 0 aromatic heterocycles. The van der Waals surface area contributed by atoms with Gasteiger partial charge in [-0.3, -0.25) is 19.3 Å². The molecule has 1 saturated heterocycles. The first-order valence-corrected chi connectivity index (χ1v) is 11.5. The Hall–Kier alpha value is -3.66. The van der Waals surface area contributed by atoms with Gasteiger partial charge in [0, 0.05) is 24.3 Å². The van der Waals surface area contributed by atoms with Gasteiger partial charge in [-0.2, -0.15) is 0 Å². The topological polar surface area (TPSA) is 108 Å². The normalized spacial score (nSPS) is 15.5. The van der Waals surface area contributed by atoms with Crippen molar-refractivity contribution in [2.75, 3.05) is 18.4 Å². The standard InChI is InChI=1S/C24H25FN4O4S/c1-15(2)20(28-23(32)27-17-9-4-3-5-10-17)21(30)26-12-13-29-22(31)19(34-24(29)33)14-16-8-6-7-11-18(16)25/h3-11,14-15,20H,12-13H2,1-2H3,(H,26,30)(H2,27,28,32)/b19-14-. The van der Waals surface area contributed by atoms with Crippen LogP contribution in [0, 0.1) is 11.7 Å². The maximum absolute atomic E-state index is 13.9. The lowest BCUT2D eigenvalue weighted by atomic mass is 10.0. The number of anilines is 1. The van der Waals surface area contributed by atoms with E-state index in [1.807, 2.05) is 6.07 Å². The van der Waals surface area contributed by atoms with Crippen molar-refractivity contribution < 1.29 is 23.6 Å². The molecule has 3 N–H and O–H groups in total. The Morgan fingerprint density at radius 2 is 1.74 bits per heavy atom. The predicted molar refractivity (Wildman–Crippen MR) is 129 cm³/mol. The Kier molecular flexibility index (Phi) is 8.42. The van der Waals surface area contributed by atoms with Gasteiger partial charge in [0.2, 0.25) is 5.91 Å². The average molecular weight is 485 g/mol. The molecule has 5 amide bonds. The Labute approximate surface area is 201 Å². The predicted octanol–water partition coefficient (Wildman–Crippen LogP) is 3.82. The number of halogens is 1. The summed E-state index contributed by atoms with van der Waals surface area (Å²) in [6.07, 6.45) is 1.34. The first-order chi connectivity index (χ1) is 16.3. The van der Waals surface area contributed by atoms with Crippen molar-refractivity contribution in [3.05, 3.63) is 70.9 Å². The number of amides is 5. The fraction of sp³-hybridized carbons (Fsp3) is 0.250. The van der Waals surface area contributed by atoms with Crippen LogP contribution in [0.5, 0.6) is 0 Å². The van der Waals surface area contributed by atoms with Crippen LogP contribution in [0.2, 0.25) is 0 Å². The third kappa shape index (κ3) is 6.44. The van der Waals surface area contributed by atoms with Crippen LogP contribution < -0.4 is 16.0 Å². The molecule has 2 aromatic rings. The van der Waals surface area contributed by atoms with Gasteiger partial charge in [0.1, 0.15) is 11.9 Å². The number of nitrogens with zero attached hydrogens (tertiary/aromatic N) is 1. The van der Waals surface area contributed by atoms with Gasteiger partial charge >= 0.3 is 6.03 Å². The highest BCUT2D eigenvalue weighted by molar-refractivity contribution is 8.18. The van der Waals surface area contributed by atoms with Crippen LogP contribution in [0.4, 0.5) is 19.7 Å². The van der Waals surface area contributed by atoms with Gasteiger partial charge in [-0.1, -0.05) is 50.2 Å². The maximum Gasteiger partial charge on any atom is 0.319 e. The molecule has 1 heterocycles. The molecule has 1 fully saturated rings. The van der Waals surface area contributed by atoms with E-state index in [1.54, 1.807) is 44.2 Å². The number of nitrogens with one attached hydrogen (secondary N) is 3. The summed E-state index contributed by atoms with van der Waals surface area (Å²) in [5.41, 5.74) is 0.798. The molecule has 2 aromatic carbocycles. The summed E-state index contributed by atoms with van der Waals surface area (Å²) in [5, 5.41) is 7.46. The highest BCUT2D eigenvalue weighted by Gasteiger charge is 2.35. The minimum Gasteiger partial charge on any atom is -0.353 e. The van der Waals surface area contributed by atoms with Crippen molar-refractivity contribution in [2.45, 2.75) is 19.9 Å². The number of benzene rings is 2. The number of thioether (sulfide) groups is 1. The van der Waals surface area contributed by atoms with E-state index < -0.39 is 34.9 Å². The van der Waals surface area contributed by atoms with Crippen molar-refractivity contribution >= 4 is 46.6 Å². The van der Waals surface area contributed by atoms with Gasteiger partial charge in [-0.05, 0) is 42.0 Å². The van der Waals surface area contributed by atoms with E-state index in [4.69, 9.17) is 0 Å². The minimum absolute atomic E-state index is 0.00898. The van der Waals surface area contributed by atoms with Gasteiger partial charge in [0.05, 0.1) is 4.91 Å². The number of hydrogen-bond donors (Lipinski definition) is 3. The molecule has 3 rings (SSSR count). The van der Waals surface area contributed by atoms with Gasteiger partial charge in [0.15, 0.2) is 0 Å². The zero-order valence-corrected chi connectivity index (χ0v) is 19.5. The van der Waals surface area contributed by atoms with Crippen LogP contribution in [-0.4, -0.2) is 47.1 Å². The zero-order valence-electron chi connectivity index (χ0n) is 18.7. The summed E-state index contributed by atoms with van der Waals surface area (Å²) in [4.78, 5) is 50.9. The highest BCUT2D eigenvalue weighted by Crippen LogP contribution is 2.32. The fourth-order valence-corrected chi connectivity index (χ4v) is 4.05. The fourth-order valence-electron chi connectivity index (χ4n) is 3.19. The molecule has 1 aliphatic rings. The molecule has 0 aliphatic carbocycles. The first kappa shape index (κ1) is 25.0. The van der Waals surface area contributed by atoms with Crippen molar-refractivity contribution in [2.24, 2.45) is 5.92 Å². The Morgan fingerprint density at radius 1 is 1.06 bits per heavy atom. The number of urea groups is 1. The van der Waals surface area contributed by atoms with Crippen LogP contribution in [0.1, 0.15) is 19.4 Å². The monoisotopic (exact) mass is 484 g/mol. The summed E-state index contributed by atoms with van der Waals surface area (Å²) in [6, 6.07) is 13.4. The zero-order chi connectivity index (χ0) is 24.7. The number of carbonyl (C=O) groups is 4. The van der Waals surface area contributed by atoms with E-state index in [1.165, 1.54) is 24.3 Å². The smallest absolute Gasteiger partial charge is 0.319 e. The molecule has 0 radical (unpaired) electrons. The van der Waals surface area contributed by atoms with Crippen molar-refractivity contribution in [3.63, 3.8) is 0 Å². The third-order valence-corrected chi connectivity index (χ3v) is 5.87. The van der Waals surface area contributed by atoms with E-state index in [0.717, 1.165) is 16.7 Å². The van der Waals surface area contributed by atoms with Crippen LogP contribution in [-0.2, 0) is 9.59 Å². The molecule has 178 valence electrons. The molecular weight excluding hydrogens is 459 g/mol. The summed E-state index contributed by atoms with van der Waals surface area (Å²) in [6.45, 7) is 3.54. The number of carbonyl (C=O) groups excluding carboxylic acids is 4. The third-order valence-electron chi connectivity index (χ3n) is 4.97. The Bertz CT molecular complexity index is 1110. The highest BCUT2D eigenvalue weighted by atomic mass is 32.2. The second kappa shape index (κ2) is 11.5. The van der Waals surface area contributed by atoms with Gasteiger partial charge in [-0.25, -0.2) is 9.18 Å². The summed E-state index contributed by atoms with van der Waals surface area (Å²) >= 11 is 0.719. The van der Waals surface area contributed by atoms with Gasteiger partial charge < -0.3 is 16.0 Å². The lowest BCUT2D eigenvalue weighted by Crippen LogP contribution is -2.52. The first-order valence-electron chi connectivity index (χ1n) is 10.7. The number of imide groups is 1. The molecule has 1 aliphatic heterocycles. The second-order valence-corrected chi connectivity index (χ2v) is 8.83. The Morgan fingerprint density at radius 3 is 2.41 bits per heavy atom. The van der Waals surface area contributed by atoms with Crippen molar-refractivity contribution in [1.29, 1.82) is 0 Å². The van der Waals surface area contributed by atoms with E-state index in [9.17, 15) is 23.6 Å². The van der Waals surface area contributed by atoms with Crippen molar-refractivity contribution in [3.8, 4) is 0 Å². The van der Waals surface area contributed by atoms with Crippen LogP contribution in [0.15, 0.2) is 59.5 Å². The quantitative estimate of drug-likeness (QED) is 0.494. The molecule has 0 spiro atoms. The van der Waals surface area contributed by atoms with Crippen LogP contribution in [0.3, 0.4) is 0 Å². The largest absolute Gasteiger partial charge is 0.353 e. The summed E-state index contributed by atoms with van der Waals surface area (Å²) < 4.78 is 13.9. The van der Waals surface area contributed by atoms with E-state index in [-0.39, 0.29) is 29.5 Å². The lowest BCUT2D eigenvalue weighted by molar-refractivity contribution is -0.125. The maximum atomic E-state index is 13.9. The number of para-hydroxylation sites is 1. The minimum atomic E-state index is -0.820. The lowest BCUT2D eigenvalue weighted by Gasteiger charge is -2.22. The van der Waals surface area contributed by atoms with E-state index in [0.29, 0.717) is 5.69 Å². The molecule has 8 nitrogen and oxygen atoms in total. The average Bonchev–Trinajstić information content (AvgIpc) is 3.06. The molecular formula is C24H25FN4O4S. The van der Waals surface area contributed by atoms with E-state index >= 15 is 0 Å². The molecule has 1 unspecified atom stereocenters. The molecule has 10 heteroatoms. The molecule has 0 saturated carbocycles. The molecule has 1 atom stereocenters. The van der Waals surface area contributed by atoms with Crippen molar-refractivity contribution in [1.82, 2.24) is 15.5 Å². The second-order valence-electron chi connectivity index (χ2n) is 7.83. The van der Waals surface area contributed by atoms with Gasteiger partial charge in [0.25, 0.3) is 11.1 Å². The molecule has 0 bridgehead atoms.